The molecule has 0 saturated heterocycles. The number of carbonyl (C=O) groups is 2. The molecule has 10 heteroatoms. The molecule has 0 aromatic rings. The summed E-state index contributed by atoms with van der Waals surface area (Å²) in [6, 6.07) is 0. The maximum atomic E-state index is 10.5. The summed E-state index contributed by atoms with van der Waals surface area (Å²) in [6.07, 6.45) is 0. The smallest absolute Gasteiger partial charge is 1.00 e. The molecule has 0 bridgehead atoms. The molecule has 0 aliphatic rings. The molecular formula is C3H4BCl2LiO6. The summed E-state index contributed by atoms with van der Waals surface area (Å²) in [5.41, 5.74) is 0. The quantitative estimate of drug-likeness (QED) is 0.256. The van der Waals surface area contributed by atoms with Crippen molar-refractivity contribution < 1.29 is 49.7 Å². The predicted octanol–water partition coefficient (Wildman–Crippen LogP) is -4.13. The largest absolute Gasteiger partial charge is 1.00 e. The molecule has 0 atom stereocenters. The normalized spacial score (nSPS) is 9.85. The van der Waals surface area contributed by atoms with Crippen molar-refractivity contribution in [3.05, 3.63) is 0 Å². The van der Waals surface area contributed by atoms with Crippen molar-refractivity contribution in [1.29, 1.82) is 0 Å². The van der Waals surface area contributed by atoms with Crippen LogP contribution >= 0.6 is 23.2 Å². The molecule has 0 saturated carbocycles. The Kier molecular flexibility index (Phi) is 6.89. The van der Waals surface area contributed by atoms with E-state index in [0.29, 0.717) is 0 Å². The topological polar surface area (TPSA) is 104 Å². The molecule has 0 aliphatic carbocycles. The summed E-state index contributed by atoms with van der Waals surface area (Å²) in [5, 5.41) is 24.3. The average Bonchev–Trinajstić information content (AvgIpc) is 1.85. The van der Waals surface area contributed by atoms with Gasteiger partial charge in [0.25, 0.3) is 0 Å². The van der Waals surface area contributed by atoms with Crippen LogP contribution < -0.4 is 18.9 Å². The van der Waals surface area contributed by atoms with Gasteiger partial charge in [0.15, 0.2) is 0 Å². The zero-order chi connectivity index (χ0) is 9.94. The fraction of sp³-hybridized carbons (Fsp3) is 0.333. The molecule has 0 radical (unpaired) electrons. The molecule has 6 nitrogen and oxygen atoms in total. The minimum atomic E-state index is -2.83. The minimum Gasteiger partial charge on any atom is -1.00 e. The fourth-order valence-corrected chi connectivity index (χ4v) is 0.346. The molecule has 0 amide bonds. The van der Waals surface area contributed by atoms with E-state index in [4.69, 9.17) is 38.4 Å². The van der Waals surface area contributed by atoms with Gasteiger partial charge in [-0.15, -0.1) is 0 Å². The van der Waals surface area contributed by atoms with Gasteiger partial charge in [-0.25, -0.2) is 9.59 Å². The van der Waals surface area contributed by atoms with Gasteiger partial charge in [0.05, 0.1) is 0 Å². The summed E-state index contributed by atoms with van der Waals surface area (Å²) in [5.74, 6) is -3.54. The number of rotatable bonds is 3. The average molecular weight is 225 g/mol. The van der Waals surface area contributed by atoms with Crippen LogP contribution in [0.1, 0.15) is 1.43 Å². The van der Waals surface area contributed by atoms with Crippen LogP contribution in [0.5, 0.6) is 0 Å². The van der Waals surface area contributed by atoms with Gasteiger partial charge in [-0.3, -0.25) is 0 Å². The standard InChI is InChI=1S/C3H3BCl2O6.Li.H/c5-3(6,1(7)8)2(9)12-4(10)11;;/h10-11H,(H,7,8);;/q;+1;-1. The molecule has 13 heavy (non-hydrogen) atoms. The molecule has 3 N–H and O–H groups in total. The van der Waals surface area contributed by atoms with Gasteiger partial charge < -0.3 is 21.2 Å². The molecular weight excluding hydrogens is 221 g/mol. The number of aliphatic carboxylic acids is 1. The first-order valence-electron chi connectivity index (χ1n) is 2.47. The van der Waals surface area contributed by atoms with E-state index >= 15 is 0 Å². The molecule has 0 spiro atoms. The van der Waals surface area contributed by atoms with Crippen molar-refractivity contribution in [2.24, 2.45) is 0 Å². The molecule has 0 fully saturated rings. The summed E-state index contributed by atoms with van der Waals surface area (Å²) < 4.78 is 0.774. The summed E-state index contributed by atoms with van der Waals surface area (Å²) in [7, 11) is -2.45. The van der Waals surface area contributed by atoms with Gasteiger partial charge in [0, 0.05) is 0 Å². The molecule has 70 valence electrons. The van der Waals surface area contributed by atoms with E-state index in [-0.39, 0.29) is 20.3 Å². The number of carboxylic acids is 1. The number of carboxylic acid groups (broad SMARTS) is 1. The zero-order valence-corrected chi connectivity index (χ0v) is 7.91. The summed E-state index contributed by atoms with van der Waals surface area (Å²) >= 11 is 9.87. The Balaban J connectivity index is -0.000000605. The first kappa shape index (κ1) is 15.6. The Morgan fingerprint density at radius 3 is 2.00 bits per heavy atom. The van der Waals surface area contributed by atoms with E-state index in [0.717, 1.165) is 0 Å². The molecule has 0 rings (SSSR count). The van der Waals surface area contributed by atoms with Crippen LogP contribution in [-0.4, -0.2) is 38.7 Å². The second-order valence-electron chi connectivity index (χ2n) is 1.61. The molecule has 0 heterocycles. The number of carbonyl (C=O) groups excluding carboxylic acids is 1. The van der Waals surface area contributed by atoms with E-state index in [1.165, 1.54) is 0 Å². The van der Waals surface area contributed by atoms with Crippen molar-refractivity contribution in [3.8, 4) is 0 Å². The number of halogens is 2. The minimum absolute atomic E-state index is 0. The van der Waals surface area contributed by atoms with Crippen molar-refractivity contribution in [2.75, 3.05) is 0 Å². The number of alkyl halides is 2. The van der Waals surface area contributed by atoms with Crippen LogP contribution in [0.3, 0.4) is 0 Å². The molecule has 0 aromatic carbocycles. The third kappa shape index (κ3) is 4.76. The van der Waals surface area contributed by atoms with Crippen LogP contribution in [-0.2, 0) is 14.2 Å². The first-order valence-corrected chi connectivity index (χ1v) is 3.22. The fourth-order valence-electron chi connectivity index (χ4n) is 0.257. The van der Waals surface area contributed by atoms with Crippen LogP contribution in [0.2, 0.25) is 0 Å². The second-order valence-corrected chi connectivity index (χ2v) is 2.94. The second kappa shape index (κ2) is 5.75. The Bertz CT molecular complexity index is 213. The third-order valence-corrected chi connectivity index (χ3v) is 1.37. The van der Waals surface area contributed by atoms with Gasteiger partial charge in [0.1, 0.15) is 0 Å². The maximum absolute atomic E-state index is 10.5. The van der Waals surface area contributed by atoms with Crippen LogP contribution in [0, 0.1) is 0 Å². The molecule has 0 unspecified atom stereocenters. The summed E-state index contributed by atoms with van der Waals surface area (Å²) in [4.78, 5) is 20.6. The molecule has 0 aliphatic heterocycles. The predicted molar refractivity (Wildman–Crippen MR) is 39.5 cm³/mol. The number of hydrogen-bond donors (Lipinski definition) is 3. The van der Waals surface area contributed by atoms with E-state index in [9.17, 15) is 9.59 Å². The van der Waals surface area contributed by atoms with Crippen molar-refractivity contribution in [2.45, 2.75) is 4.33 Å². The van der Waals surface area contributed by atoms with Crippen LogP contribution in [0.4, 0.5) is 0 Å². The third-order valence-electron chi connectivity index (χ3n) is 0.737. The van der Waals surface area contributed by atoms with Gasteiger partial charge in [-0.1, -0.05) is 23.2 Å². The van der Waals surface area contributed by atoms with Gasteiger partial charge >= 0.3 is 42.5 Å². The van der Waals surface area contributed by atoms with Crippen molar-refractivity contribution >= 4 is 42.5 Å². The number of hydrogen-bond acceptors (Lipinski definition) is 5. The van der Waals surface area contributed by atoms with E-state index in [1.807, 2.05) is 0 Å². The Hall–Kier alpha value is 0.102. The van der Waals surface area contributed by atoms with Crippen molar-refractivity contribution in [1.82, 2.24) is 0 Å². The molecule has 0 aromatic heterocycles. The zero-order valence-electron chi connectivity index (χ0n) is 7.40. The van der Waals surface area contributed by atoms with Gasteiger partial charge in [-0.2, -0.15) is 0 Å². The van der Waals surface area contributed by atoms with E-state index in [1.54, 1.807) is 0 Å². The van der Waals surface area contributed by atoms with Gasteiger partial charge in [-0.05, 0) is 0 Å². The summed E-state index contributed by atoms with van der Waals surface area (Å²) in [6.45, 7) is 0. The van der Waals surface area contributed by atoms with Gasteiger partial charge in [0.2, 0.25) is 0 Å². The van der Waals surface area contributed by atoms with Crippen LogP contribution in [0.25, 0.3) is 0 Å². The maximum Gasteiger partial charge on any atom is 1.00 e. The Morgan fingerprint density at radius 1 is 1.38 bits per heavy atom. The first-order chi connectivity index (χ1) is 5.28. The monoisotopic (exact) mass is 224 g/mol. The SMILES string of the molecule is O=C(O)C(Cl)(Cl)C(=O)OB(O)O.[H-].[Li+]. The van der Waals surface area contributed by atoms with E-state index < -0.39 is 23.6 Å². The van der Waals surface area contributed by atoms with Crippen molar-refractivity contribution in [3.63, 3.8) is 0 Å². The van der Waals surface area contributed by atoms with E-state index in [2.05, 4.69) is 4.65 Å². The van der Waals surface area contributed by atoms with Crippen LogP contribution in [0.15, 0.2) is 0 Å². The Labute approximate surface area is 96.6 Å². The Morgan fingerprint density at radius 2 is 1.77 bits per heavy atom.